The predicted molar refractivity (Wildman–Crippen MR) is 74.5 cm³/mol. The van der Waals surface area contributed by atoms with Crippen molar-refractivity contribution in [2.75, 3.05) is 0 Å². The van der Waals surface area contributed by atoms with E-state index in [4.69, 9.17) is 0 Å². The Balaban J connectivity index is 2.27. The molecule has 2 rings (SSSR count). The maximum absolute atomic E-state index is 11.2. The molecule has 2 heteroatoms. The topological polar surface area (TPSA) is 37.3 Å². The maximum atomic E-state index is 11.2. The van der Waals surface area contributed by atoms with Crippen LogP contribution in [-0.2, 0) is 0 Å². The average Bonchev–Trinajstić information content (AvgIpc) is 2.53. The largest absolute Gasteiger partial charge is 0.504 e. The van der Waals surface area contributed by atoms with Crippen LogP contribution in [0.4, 0.5) is 0 Å². The van der Waals surface area contributed by atoms with Crippen molar-refractivity contribution in [2.24, 2.45) is 0 Å². The third-order valence-electron chi connectivity index (χ3n) is 2.66. The van der Waals surface area contributed by atoms with E-state index < -0.39 is 0 Å². The molecule has 90 valence electrons. The van der Waals surface area contributed by atoms with Crippen LogP contribution in [0, 0.1) is 6.92 Å². The summed E-state index contributed by atoms with van der Waals surface area (Å²) in [5, 5.41) is 9.28. The van der Waals surface area contributed by atoms with Crippen LogP contribution in [-0.4, -0.2) is 5.11 Å². The number of aromatic hydroxyl groups is 1. The van der Waals surface area contributed by atoms with Gasteiger partial charge in [0, 0.05) is 0 Å². The van der Waals surface area contributed by atoms with E-state index in [1.165, 1.54) is 17.7 Å². The Bertz CT molecular complexity index is 625. The van der Waals surface area contributed by atoms with Crippen molar-refractivity contribution in [3.8, 4) is 5.75 Å². The minimum absolute atomic E-state index is 0.231. The molecule has 0 spiro atoms. The van der Waals surface area contributed by atoms with E-state index in [2.05, 4.69) is 0 Å². The summed E-state index contributed by atoms with van der Waals surface area (Å²) < 4.78 is 0. The molecule has 0 saturated heterocycles. The van der Waals surface area contributed by atoms with Crippen molar-refractivity contribution in [1.29, 1.82) is 0 Å². The first-order chi connectivity index (χ1) is 8.65. The van der Waals surface area contributed by atoms with Gasteiger partial charge in [-0.2, -0.15) is 0 Å². The molecule has 0 atom stereocenters. The van der Waals surface area contributed by atoms with E-state index in [1.807, 2.05) is 43.3 Å². The fourth-order valence-electron chi connectivity index (χ4n) is 1.55. The number of rotatable bonds is 2. The van der Waals surface area contributed by atoms with Gasteiger partial charge >= 0.3 is 0 Å². The van der Waals surface area contributed by atoms with Crippen LogP contribution >= 0.6 is 0 Å². The highest BCUT2D eigenvalue weighted by atomic mass is 16.3. The van der Waals surface area contributed by atoms with Gasteiger partial charge in [0.15, 0.2) is 5.75 Å². The summed E-state index contributed by atoms with van der Waals surface area (Å²) >= 11 is 0. The molecule has 1 N–H and O–H groups in total. The van der Waals surface area contributed by atoms with Crippen LogP contribution in [0.5, 0.6) is 5.75 Å². The molecule has 2 aromatic rings. The molecule has 18 heavy (non-hydrogen) atoms. The van der Waals surface area contributed by atoms with Crippen molar-refractivity contribution in [1.82, 2.24) is 0 Å². The molecule has 0 heterocycles. The van der Waals surface area contributed by atoms with E-state index in [0.29, 0.717) is 0 Å². The normalized spacial score (nSPS) is 10.7. The van der Waals surface area contributed by atoms with Gasteiger partial charge in [0.2, 0.25) is 5.43 Å². The van der Waals surface area contributed by atoms with Gasteiger partial charge in [-0.3, -0.25) is 4.79 Å². The van der Waals surface area contributed by atoms with Crippen molar-refractivity contribution >= 4 is 12.2 Å². The SMILES string of the molecule is Cc1ccc(/C=C/c2ccc(O)c(=O)cc2)cc1. The summed E-state index contributed by atoms with van der Waals surface area (Å²) in [4.78, 5) is 11.2. The third kappa shape index (κ3) is 3.08. The van der Waals surface area contributed by atoms with Gasteiger partial charge in [-0.15, -0.1) is 0 Å². The molecule has 0 saturated carbocycles. The lowest BCUT2D eigenvalue weighted by molar-refractivity contribution is 0.471. The van der Waals surface area contributed by atoms with E-state index >= 15 is 0 Å². The maximum Gasteiger partial charge on any atom is 0.220 e. The molecule has 0 aliphatic carbocycles. The lowest BCUT2D eigenvalue weighted by Crippen LogP contribution is -1.91. The third-order valence-corrected chi connectivity index (χ3v) is 2.66. The lowest BCUT2D eigenvalue weighted by atomic mass is 10.1. The highest BCUT2D eigenvalue weighted by Gasteiger charge is 1.92. The Kier molecular flexibility index (Phi) is 3.58. The first-order valence-corrected chi connectivity index (χ1v) is 5.73. The van der Waals surface area contributed by atoms with Gasteiger partial charge < -0.3 is 5.11 Å². The first kappa shape index (κ1) is 12.1. The molecule has 0 radical (unpaired) electrons. The predicted octanol–water partition coefficient (Wildman–Crippen LogP) is 3.23. The van der Waals surface area contributed by atoms with Gasteiger partial charge in [0.1, 0.15) is 0 Å². The van der Waals surface area contributed by atoms with Gasteiger partial charge in [0.25, 0.3) is 0 Å². The zero-order valence-electron chi connectivity index (χ0n) is 10.1. The second-order valence-electron chi connectivity index (χ2n) is 4.16. The molecular formula is C16H14O2. The molecule has 0 aliphatic heterocycles. The summed E-state index contributed by atoms with van der Waals surface area (Å²) in [6, 6.07) is 14.3. The minimum atomic E-state index is -0.370. The molecule has 0 aliphatic rings. The Morgan fingerprint density at radius 1 is 0.833 bits per heavy atom. The molecular weight excluding hydrogens is 224 g/mol. The van der Waals surface area contributed by atoms with Crippen LogP contribution in [0.3, 0.4) is 0 Å². The molecule has 0 amide bonds. The highest BCUT2D eigenvalue weighted by molar-refractivity contribution is 5.69. The Labute approximate surface area is 106 Å². The fourth-order valence-corrected chi connectivity index (χ4v) is 1.55. The molecule has 2 nitrogen and oxygen atoms in total. The van der Waals surface area contributed by atoms with Gasteiger partial charge in [-0.1, -0.05) is 54.1 Å². The molecule has 0 fully saturated rings. The van der Waals surface area contributed by atoms with E-state index in [0.717, 1.165) is 11.1 Å². The fraction of sp³-hybridized carbons (Fsp3) is 0.0625. The number of hydrogen-bond acceptors (Lipinski definition) is 2. The Hall–Kier alpha value is -2.35. The van der Waals surface area contributed by atoms with E-state index in [1.54, 1.807) is 12.1 Å². The smallest absolute Gasteiger partial charge is 0.220 e. The highest BCUT2D eigenvalue weighted by Crippen LogP contribution is 2.09. The number of benzene rings is 1. The zero-order chi connectivity index (χ0) is 13.0. The molecule has 2 aromatic carbocycles. The van der Waals surface area contributed by atoms with Crippen LogP contribution in [0.15, 0.2) is 53.3 Å². The number of hydrogen-bond donors (Lipinski definition) is 1. The summed E-state index contributed by atoms with van der Waals surface area (Å²) in [5.41, 5.74) is 2.82. The molecule has 0 unspecified atom stereocenters. The van der Waals surface area contributed by atoms with E-state index in [-0.39, 0.29) is 11.2 Å². The van der Waals surface area contributed by atoms with Crippen molar-refractivity contribution in [3.63, 3.8) is 0 Å². The monoisotopic (exact) mass is 238 g/mol. The van der Waals surface area contributed by atoms with Crippen molar-refractivity contribution < 1.29 is 5.11 Å². The van der Waals surface area contributed by atoms with Crippen molar-refractivity contribution in [2.45, 2.75) is 6.92 Å². The van der Waals surface area contributed by atoms with Gasteiger partial charge in [0.05, 0.1) is 0 Å². The average molecular weight is 238 g/mol. The van der Waals surface area contributed by atoms with Crippen LogP contribution in [0.25, 0.3) is 12.2 Å². The van der Waals surface area contributed by atoms with E-state index in [9.17, 15) is 9.90 Å². The van der Waals surface area contributed by atoms with Crippen LogP contribution in [0.2, 0.25) is 0 Å². The zero-order valence-corrected chi connectivity index (χ0v) is 10.1. The second kappa shape index (κ2) is 5.32. The quantitative estimate of drug-likeness (QED) is 0.872. The Morgan fingerprint density at radius 2 is 1.33 bits per heavy atom. The standard InChI is InChI=1S/C16H14O2/c1-12-2-4-13(5-3-12)6-7-14-8-10-15(17)16(18)11-9-14/h2-11H,1H3,(H,17,18)/b7-6+. The summed E-state index contributed by atoms with van der Waals surface area (Å²) in [5.74, 6) is -0.231. The van der Waals surface area contributed by atoms with Crippen molar-refractivity contribution in [3.05, 3.63) is 75.4 Å². The van der Waals surface area contributed by atoms with Crippen LogP contribution in [0.1, 0.15) is 16.7 Å². The minimum Gasteiger partial charge on any atom is -0.504 e. The Morgan fingerprint density at radius 3 is 1.94 bits per heavy atom. The van der Waals surface area contributed by atoms with Crippen LogP contribution < -0.4 is 5.43 Å². The molecule has 0 bridgehead atoms. The second-order valence-corrected chi connectivity index (χ2v) is 4.16. The molecule has 0 aromatic heterocycles. The van der Waals surface area contributed by atoms with Gasteiger partial charge in [-0.05, 0) is 30.2 Å². The summed E-state index contributed by atoms with van der Waals surface area (Å²) in [6.07, 6.45) is 3.87. The lowest BCUT2D eigenvalue weighted by Gasteiger charge is -1.94. The van der Waals surface area contributed by atoms with Gasteiger partial charge in [-0.25, -0.2) is 0 Å². The number of aryl methyl sites for hydroxylation is 1. The summed E-state index contributed by atoms with van der Waals surface area (Å²) in [7, 11) is 0. The first-order valence-electron chi connectivity index (χ1n) is 5.73. The summed E-state index contributed by atoms with van der Waals surface area (Å²) in [6.45, 7) is 2.04.